The second kappa shape index (κ2) is 7.16. The van der Waals surface area contributed by atoms with Crippen LogP contribution in [0, 0.1) is 0 Å². The number of rotatable bonds is 5. The zero-order valence-electron chi connectivity index (χ0n) is 14.6. The molecule has 2 atom stereocenters. The van der Waals surface area contributed by atoms with Crippen LogP contribution in [0.3, 0.4) is 0 Å². The molecule has 3 rings (SSSR count). The number of piperidine rings is 1. The third kappa shape index (κ3) is 3.69. The van der Waals surface area contributed by atoms with Crippen LogP contribution in [0.1, 0.15) is 42.7 Å². The van der Waals surface area contributed by atoms with Gasteiger partial charge in [-0.1, -0.05) is 18.5 Å². The van der Waals surface area contributed by atoms with Gasteiger partial charge in [-0.05, 0) is 44.4 Å². The van der Waals surface area contributed by atoms with Gasteiger partial charge in [0, 0.05) is 48.3 Å². The lowest BCUT2D eigenvalue weighted by Crippen LogP contribution is -2.46. The largest absolute Gasteiger partial charge is 0.396 e. The molecule has 24 heavy (non-hydrogen) atoms. The Morgan fingerprint density at radius 2 is 2.29 bits per heavy atom. The molecule has 1 aliphatic heterocycles. The van der Waals surface area contributed by atoms with Crippen molar-refractivity contribution in [3.63, 3.8) is 0 Å². The first-order valence-electron chi connectivity index (χ1n) is 8.52. The maximum Gasteiger partial charge on any atom is 0.0934 e. The van der Waals surface area contributed by atoms with Crippen LogP contribution in [0.5, 0.6) is 0 Å². The number of likely N-dealkylation sites (tertiary alicyclic amines) is 1. The van der Waals surface area contributed by atoms with E-state index in [0.29, 0.717) is 12.5 Å². The fraction of sp³-hybridized carbons (Fsp3) is 0.611. The predicted octanol–water partition coefficient (Wildman–Crippen LogP) is 3.61. The minimum absolute atomic E-state index is 0.146. The van der Waals surface area contributed by atoms with E-state index in [1.54, 1.807) is 11.3 Å². The first-order chi connectivity index (χ1) is 11.4. The molecule has 0 aliphatic carbocycles. The standard InChI is InChI=1S/C18H26ClN3OS/c1-13-9-18(2,17-15(4-7-23)8-16(19)24-17)5-6-22(13)12-14-10-20-21(3)11-14/h8,10-11,13,23H,4-7,9,12H2,1-3H3/t13-,18-/m0/s1. The van der Waals surface area contributed by atoms with Crippen molar-refractivity contribution in [2.45, 2.75) is 51.1 Å². The maximum atomic E-state index is 9.34. The van der Waals surface area contributed by atoms with E-state index in [4.69, 9.17) is 11.6 Å². The molecule has 132 valence electrons. The van der Waals surface area contributed by atoms with Crippen molar-refractivity contribution in [2.75, 3.05) is 13.2 Å². The smallest absolute Gasteiger partial charge is 0.0934 e. The van der Waals surface area contributed by atoms with Crippen molar-refractivity contribution in [3.8, 4) is 0 Å². The quantitative estimate of drug-likeness (QED) is 0.877. The highest BCUT2D eigenvalue weighted by atomic mass is 35.5. The van der Waals surface area contributed by atoms with Gasteiger partial charge in [-0.3, -0.25) is 9.58 Å². The van der Waals surface area contributed by atoms with Crippen LogP contribution >= 0.6 is 22.9 Å². The Morgan fingerprint density at radius 1 is 1.50 bits per heavy atom. The first-order valence-corrected chi connectivity index (χ1v) is 9.72. The van der Waals surface area contributed by atoms with Gasteiger partial charge in [-0.15, -0.1) is 11.3 Å². The van der Waals surface area contributed by atoms with Gasteiger partial charge in [0.1, 0.15) is 0 Å². The van der Waals surface area contributed by atoms with Crippen LogP contribution in [-0.4, -0.2) is 39.0 Å². The number of aromatic nitrogens is 2. The van der Waals surface area contributed by atoms with E-state index in [1.165, 1.54) is 16.0 Å². The molecule has 1 saturated heterocycles. The molecule has 0 aromatic carbocycles. The van der Waals surface area contributed by atoms with E-state index in [1.807, 2.05) is 24.0 Å². The summed E-state index contributed by atoms with van der Waals surface area (Å²) >= 11 is 7.97. The van der Waals surface area contributed by atoms with Gasteiger partial charge in [-0.2, -0.15) is 5.10 Å². The molecule has 0 amide bonds. The summed E-state index contributed by atoms with van der Waals surface area (Å²) in [5.74, 6) is 0. The molecule has 1 N–H and O–H groups in total. The SMILES string of the molecule is C[C@H]1C[C@@](C)(c2sc(Cl)cc2CCO)CCN1Cc1cnn(C)c1. The Kier molecular flexibility index (Phi) is 5.35. The molecule has 0 radical (unpaired) electrons. The second-order valence-corrected chi connectivity index (χ2v) is 8.92. The molecule has 0 bridgehead atoms. The molecule has 1 fully saturated rings. The summed E-state index contributed by atoms with van der Waals surface area (Å²) in [5, 5.41) is 13.6. The van der Waals surface area contributed by atoms with Crippen LogP contribution < -0.4 is 0 Å². The molecule has 0 spiro atoms. The average molecular weight is 368 g/mol. The van der Waals surface area contributed by atoms with Crippen molar-refractivity contribution in [1.82, 2.24) is 14.7 Å². The van der Waals surface area contributed by atoms with Gasteiger partial charge in [0.05, 0.1) is 10.5 Å². The Bertz CT molecular complexity index is 698. The second-order valence-electron chi connectivity index (χ2n) is 7.24. The summed E-state index contributed by atoms with van der Waals surface area (Å²) in [6.45, 7) is 6.88. The number of aliphatic hydroxyl groups is 1. The third-order valence-corrected chi connectivity index (χ3v) is 6.78. The Balaban J connectivity index is 1.74. The number of halogens is 1. The lowest BCUT2D eigenvalue weighted by Gasteiger charge is -2.44. The number of hydrogen-bond donors (Lipinski definition) is 1. The summed E-state index contributed by atoms with van der Waals surface area (Å²) in [5.41, 5.74) is 2.64. The van der Waals surface area contributed by atoms with Gasteiger partial charge in [0.2, 0.25) is 0 Å². The number of thiophene rings is 1. The summed E-state index contributed by atoms with van der Waals surface area (Å²) in [7, 11) is 1.96. The zero-order valence-corrected chi connectivity index (χ0v) is 16.2. The summed E-state index contributed by atoms with van der Waals surface area (Å²) in [6.07, 6.45) is 6.98. The fourth-order valence-corrected chi connectivity index (χ4v) is 5.42. The molecule has 2 aromatic heterocycles. The van der Waals surface area contributed by atoms with E-state index in [2.05, 4.69) is 30.0 Å². The van der Waals surface area contributed by atoms with Crippen LogP contribution in [0.25, 0.3) is 0 Å². The van der Waals surface area contributed by atoms with Gasteiger partial charge >= 0.3 is 0 Å². The number of aryl methyl sites for hydroxylation is 1. The van der Waals surface area contributed by atoms with Crippen LogP contribution in [0.15, 0.2) is 18.5 Å². The summed E-state index contributed by atoms with van der Waals surface area (Å²) < 4.78 is 2.70. The van der Waals surface area contributed by atoms with E-state index < -0.39 is 0 Å². The van der Waals surface area contributed by atoms with Crippen molar-refractivity contribution in [2.24, 2.45) is 7.05 Å². The fourth-order valence-electron chi connectivity index (χ4n) is 3.94. The van der Waals surface area contributed by atoms with Crippen LogP contribution in [0.2, 0.25) is 4.34 Å². The van der Waals surface area contributed by atoms with E-state index >= 15 is 0 Å². The normalized spacial score (nSPS) is 25.3. The highest BCUT2D eigenvalue weighted by molar-refractivity contribution is 7.16. The molecule has 6 heteroatoms. The van der Waals surface area contributed by atoms with E-state index in [9.17, 15) is 5.11 Å². The minimum atomic E-state index is 0.146. The lowest BCUT2D eigenvalue weighted by molar-refractivity contribution is 0.104. The molecular formula is C18H26ClN3OS. The lowest BCUT2D eigenvalue weighted by atomic mass is 9.74. The van der Waals surface area contributed by atoms with E-state index in [-0.39, 0.29) is 12.0 Å². The van der Waals surface area contributed by atoms with Crippen LogP contribution in [0.4, 0.5) is 0 Å². The Labute approximate surface area is 153 Å². The summed E-state index contributed by atoms with van der Waals surface area (Å²) in [6, 6.07) is 2.54. The molecule has 0 saturated carbocycles. The van der Waals surface area contributed by atoms with Crippen molar-refractivity contribution in [3.05, 3.63) is 38.8 Å². The molecule has 4 nitrogen and oxygen atoms in total. The summed E-state index contributed by atoms with van der Waals surface area (Å²) in [4.78, 5) is 3.91. The van der Waals surface area contributed by atoms with Gasteiger partial charge < -0.3 is 5.11 Å². The Morgan fingerprint density at radius 3 is 2.92 bits per heavy atom. The van der Waals surface area contributed by atoms with Gasteiger partial charge in [0.15, 0.2) is 0 Å². The molecule has 1 aliphatic rings. The third-order valence-electron chi connectivity index (χ3n) is 5.17. The van der Waals surface area contributed by atoms with Crippen LogP contribution in [-0.2, 0) is 25.4 Å². The predicted molar refractivity (Wildman–Crippen MR) is 99.8 cm³/mol. The Hall–Kier alpha value is -0.880. The van der Waals surface area contributed by atoms with Crippen molar-refractivity contribution >= 4 is 22.9 Å². The average Bonchev–Trinajstić information content (AvgIpc) is 3.09. The molecule has 0 unspecified atom stereocenters. The molecular weight excluding hydrogens is 342 g/mol. The highest BCUT2D eigenvalue weighted by Gasteiger charge is 2.38. The number of hydrogen-bond acceptors (Lipinski definition) is 4. The number of nitrogens with zero attached hydrogens (tertiary/aromatic N) is 3. The first kappa shape index (κ1) is 17.9. The molecule has 3 heterocycles. The molecule has 2 aromatic rings. The van der Waals surface area contributed by atoms with Gasteiger partial charge in [-0.25, -0.2) is 0 Å². The van der Waals surface area contributed by atoms with E-state index in [0.717, 1.165) is 30.3 Å². The highest BCUT2D eigenvalue weighted by Crippen LogP contribution is 2.44. The monoisotopic (exact) mass is 367 g/mol. The number of aliphatic hydroxyl groups excluding tert-OH is 1. The zero-order chi connectivity index (χ0) is 17.3. The topological polar surface area (TPSA) is 41.3 Å². The maximum absolute atomic E-state index is 9.34. The minimum Gasteiger partial charge on any atom is -0.396 e. The van der Waals surface area contributed by atoms with Gasteiger partial charge in [0.25, 0.3) is 0 Å². The van der Waals surface area contributed by atoms with Crippen molar-refractivity contribution in [1.29, 1.82) is 0 Å². The van der Waals surface area contributed by atoms with Crippen molar-refractivity contribution < 1.29 is 5.11 Å².